The molecule has 0 saturated carbocycles. The lowest BCUT2D eigenvalue weighted by Crippen LogP contribution is -2.56. The number of nitrogens with two attached hydrogens (primary N) is 1. The number of rotatable bonds is 23. The van der Waals surface area contributed by atoms with Crippen LogP contribution in [0.2, 0.25) is 0 Å². The van der Waals surface area contributed by atoms with Gasteiger partial charge in [-0.25, -0.2) is 4.98 Å². The number of aromatic nitrogens is 2. The Balaban J connectivity index is 1.89. The number of carbonyl (C=O) groups is 9. The molecule has 1 heterocycles. The lowest BCUT2D eigenvalue weighted by molar-refractivity contribution is -0.133. The number of nitrogens with one attached hydrogen (secondary N) is 9. The van der Waals surface area contributed by atoms with Crippen LogP contribution in [0.25, 0.3) is 0 Å². The maximum atomic E-state index is 13.1. The van der Waals surface area contributed by atoms with E-state index in [1.54, 1.807) is 0 Å². The molecule has 21 nitrogen and oxygen atoms in total. The number of amides is 8. The highest BCUT2D eigenvalue weighted by Crippen LogP contribution is 2.12. The van der Waals surface area contributed by atoms with Crippen LogP contribution < -0.4 is 48.3 Å². The van der Waals surface area contributed by atoms with Gasteiger partial charge in [-0.2, -0.15) is 0 Å². The van der Waals surface area contributed by atoms with Crippen LogP contribution in [0.5, 0.6) is 5.75 Å². The SMILES string of the molecule is CC(C)C[C@H](NC(=O)CNC(=O)[C@H](C)NC(=O)CNC(=O)[C@H](Cc1ccc(O)cc1)NC(=O)[C@H](C)NC(=O)CN)C(=O)N[C@@H](C)C(=O)N[C@H](C=O)Cc1cnc[nH]1. The highest BCUT2D eigenvalue weighted by molar-refractivity contribution is 5.96. The van der Waals surface area contributed by atoms with E-state index in [1.807, 2.05) is 13.8 Å². The van der Waals surface area contributed by atoms with Gasteiger partial charge in [-0.15, -0.1) is 0 Å². The Kier molecular flexibility index (Phi) is 19.3. The molecule has 1 aromatic carbocycles. The quantitative estimate of drug-likeness (QED) is 0.0484. The Bertz CT molecular complexity index is 1700. The summed E-state index contributed by atoms with van der Waals surface area (Å²) in [5, 5.41) is 29.2. The fraction of sp³-hybridized carbons (Fsp3) is 0.500. The van der Waals surface area contributed by atoms with E-state index in [2.05, 4.69) is 52.5 Å². The molecule has 0 fully saturated rings. The van der Waals surface area contributed by atoms with E-state index in [0.717, 1.165) is 0 Å². The highest BCUT2D eigenvalue weighted by Gasteiger charge is 2.28. The molecule has 57 heavy (non-hydrogen) atoms. The first-order valence-electron chi connectivity index (χ1n) is 18.2. The van der Waals surface area contributed by atoms with Crippen LogP contribution in [0.3, 0.4) is 0 Å². The molecule has 0 aliphatic rings. The number of hydrogen-bond acceptors (Lipinski definition) is 12. The van der Waals surface area contributed by atoms with Crippen LogP contribution in [0.15, 0.2) is 36.8 Å². The van der Waals surface area contributed by atoms with Crippen molar-refractivity contribution < 1.29 is 48.3 Å². The molecule has 0 aliphatic heterocycles. The number of aromatic hydroxyl groups is 1. The van der Waals surface area contributed by atoms with Crippen molar-refractivity contribution in [3.63, 3.8) is 0 Å². The summed E-state index contributed by atoms with van der Waals surface area (Å²) in [6.07, 6.45) is 3.82. The van der Waals surface area contributed by atoms with E-state index in [0.29, 0.717) is 17.5 Å². The first-order chi connectivity index (χ1) is 26.9. The molecule has 2 aromatic rings. The van der Waals surface area contributed by atoms with Gasteiger partial charge in [0, 0.05) is 24.7 Å². The smallest absolute Gasteiger partial charge is 0.243 e. The molecule has 0 bridgehead atoms. The standard InChI is InChI=1S/C36H53N11O10/c1-19(2)10-27(36(57)44-22(5)33(54)45-25(17-48)12-24-14-38-18-41-24)46-31(52)16-39-32(53)20(3)43-30(51)15-40-35(56)28(11-23-6-8-26(49)9-7-23)47-34(55)21(4)42-29(50)13-37/h6-9,14,17-22,25,27-28,49H,10-13,15-16,37H2,1-5H3,(H,38,41)(H,39,53)(H,40,56)(H,42,50)(H,43,51)(H,44,57)(H,45,54)(H,46,52)(H,47,55)/t20-,21-,22-,25-,27-,28-/m0/s1. The molecule has 8 amide bonds. The summed E-state index contributed by atoms with van der Waals surface area (Å²) >= 11 is 0. The average Bonchev–Trinajstić information content (AvgIpc) is 3.68. The molecule has 312 valence electrons. The van der Waals surface area contributed by atoms with Crippen molar-refractivity contribution in [2.45, 2.75) is 90.1 Å². The Labute approximate surface area is 329 Å². The summed E-state index contributed by atoms with van der Waals surface area (Å²) in [5.41, 5.74) is 6.46. The topological polar surface area (TPSA) is 325 Å². The number of phenols is 1. The molecule has 0 radical (unpaired) electrons. The maximum absolute atomic E-state index is 13.1. The normalized spacial score (nSPS) is 13.9. The van der Waals surface area contributed by atoms with Crippen LogP contribution in [0.1, 0.15) is 52.3 Å². The fourth-order valence-corrected chi connectivity index (χ4v) is 5.11. The third-order valence-electron chi connectivity index (χ3n) is 8.18. The van der Waals surface area contributed by atoms with Gasteiger partial charge in [0.15, 0.2) is 0 Å². The molecule has 2 rings (SSSR count). The van der Waals surface area contributed by atoms with Gasteiger partial charge in [-0.3, -0.25) is 38.4 Å². The van der Waals surface area contributed by atoms with Gasteiger partial charge in [0.2, 0.25) is 47.3 Å². The van der Waals surface area contributed by atoms with E-state index in [-0.39, 0.29) is 37.5 Å². The number of nitrogens with zero attached hydrogens (tertiary/aromatic N) is 1. The van der Waals surface area contributed by atoms with Crippen molar-refractivity contribution in [3.05, 3.63) is 48.0 Å². The predicted molar refractivity (Wildman–Crippen MR) is 203 cm³/mol. The number of imidazole rings is 1. The number of aromatic amines is 1. The minimum absolute atomic E-state index is 0.0160. The van der Waals surface area contributed by atoms with Crippen molar-refractivity contribution in [1.82, 2.24) is 52.5 Å². The third-order valence-corrected chi connectivity index (χ3v) is 8.18. The van der Waals surface area contributed by atoms with Gasteiger partial charge in [0.25, 0.3) is 0 Å². The van der Waals surface area contributed by atoms with E-state index in [1.165, 1.54) is 57.6 Å². The lowest BCUT2D eigenvalue weighted by atomic mass is 10.0. The molecule has 0 spiro atoms. The molecule has 12 N–H and O–H groups in total. The molecular weight excluding hydrogens is 746 g/mol. The molecule has 1 aromatic heterocycles. The van der Waals surface area contributed by atoms with Crippen molar-refractivity contribution in [2.24, 2.45) is 11.7 Å². The van der Waals surface area contributed by atoms with Crippen LogP contribution in [0, 0.1) is 5.92 Å². The number of phenolic OH excluding ortho intramolecular Hbond substituents is 1. The average molecular weight is 800 g/mol. The van der Waals surface area contributed by atoms with Crippen LogP contribution in [-0.2, 0) is 56.0 Å². The Hall–Kier alpha value is -6.38. The minimum Gasteiger partial charge on any atom is -0.508 e. The zero-order valence-corrected chi connectivity index (χ0v) is 32.5. The van der Waals surface area contributed by atoms with Gasteiger partial charge in [0.05, 0.1) is 32.0 Å². The van der Waals surface area contributed by atoms with Crippen molar-refractivity contribution >= 4 is 53.5 Å². The summed E-state index contributed by atoms with van der Waals surface area (Å²) < 4.78 is 0. The minimum atomic E-state index is -1.21. The van der Waals surface area contributed by atoms with Crippen molar-refractivity contribution in [2.75, 3.05) is 19.6 Å². The second kappa shape index (κ2) is 23.5. The zero-order chi connectivity index (χ0) is 42.7. The second-order valence-corrected chi connectivity index (χ2v) is 13.7. The number of carbonyl (C=O) groups excluding carboxylic acids is 9. The third kappa shape index (κ3) is 17.3. The Morgan fingerprint density at radius 1 is 0.684 bits per heavy atom. The zero-order valence-electron chi connectivity index (χ0n) is 32.5. The van der Waals surface area contributed by atoms with Crippen molar-refractivity contribution in [3.8, 4) is 5.75 Å². The summed E-state index contributed by atoms with van der Waals surface area (Å²) in [4.78, 5) is 120. The molecule has 0 unspecified atom stereocenters. The number of H-pyrrole nitrogens is 1. The number of aldehydes is 1. The van der Waals surface area contributed by atoms with Gasteiger partial charge in [-0.1, -0.05) is 26.0 Å². The fourth-order valence-electron chi connectivity index (χ4n) is 5.11. The molecule has 0 saturated heterocycles. The Morgan fingerprint density at radius 3 is 1.82 bits per heavy atom. The summed E-state index contributed by atoms with van der Waals surface area (Å²) in [5.74, 6) is -5.68. The van der Waals surface area contributed by atoms with E-state index in [4.69, 9.17) is 5.73 Å². The number of hydrogen-bond donors (Lipinski definition) is 11. The lowest BCUT2D eigenvalue weighted by Gasteiger charge is -2.23. The monoisotopic (exact) mass is 799 g/mol. The maximum Gasteiger partial charge on any atom is 0.243 e. The van der Waals surface area contributed by atoms with Gasteiger partial charge in [-0.05, 0) is 50.8 Å². The highest BCUT2D eigenvalue weighted by atomic mass is 16.3. The summed E-state index contributed by atoms with van der Waals surface area (Å²) in [6.45, 7) is 6.27. The molecule has 0 aliphatic carbocycles. The van der Waals surface area contributed by atoms with Crippen LogP contribution in [-0.4, -0.2) is 125 Å². The van der Waals surface area contributed by atoms with Gasteiger partial charge >= 0.3 is 0 Å². The first-order valence-corrected chi connectivity index (χ1v) is 18.2. The second-order valence-electron chi connectivity index (χ2n) is 13.7. The van der Waals surface area contributed by atoms with E-state index >= 15 is 0 Å². The molecular formula is C36H53N11O10. The van der Waals surface area contributed by atoms with Gasteiger partial charge < -0.3 is 63.2 Å². The summed E-state index contributed by atoms with van der Waals surface area (Å²) in [7, 11) is 0. The van der Waals surface area contributed by atoms with Crippen LogP contribution in [0.4, 0.5) is 0 Å². The molecule has 21 heteroatoms. The van der Waals surface area contributed by atoms with Crippen molar-refractivity contribution in [1.29, 1.82) is 0 Å². The van der Waals surface area contributed by atoms with E-state index < -0.39 is 96.6 Å². The predicted octanol–water partition coefficient (Wildman–Crippen LogP) is -3.69. The molecule has 6 atom stereocenters. The largest absolute Gasteiger partial charge is 0.508 e. The van der Waals surface area contributed by atoms with E-state index in [9.17, 15) is 48.3 Å². The van der Waals surface area contributed by atoms with Crippen LogP contribution >= 0.6 is 0 Å². The Morgan fingerprint density at radius 2 is 1.25 bits per heavy atom. The number of benzene rings is 1. The summed E-state index contributed by atoms with van der Waals surface area (Å²) in [6, 6.07) is -0.573. The van der Waals surface area contributed by atoms with Gasteiger partial charge in [0.1, 0.15) is 42.2 Å². The first kappa shape index (κ1) is 46.8.